The molecular formula is C14H30N2O. The topological polar surface area (TPSA) is 24.5 Å². The van der Waals surface area contributed by atoms with Crippen LogP contribution in [-0.2, 0) is 4.74 Å². The molecule has 1 aliphatic rings. The summed E-state index contributed by atoms with van der Waals surface area (Å²) in [6.45, 7) is 7.57. The molecule has 3 nitrogen and oxygen atoms in total. The Balaban J connectivity index is 2.00. The summed E-state index contributed by atoms with van der Waals surface area (Å²) < 4.78 is 5.40. The van der Waals surface area contributed by atoms with Gasteiger partial charge < -0.3 is 15.0 Å². The average Bonchev–Trinajstić information content (AvgIpc) is 2.82. The molecule has 0 saturated heterocycles. The van der Waals surface area contributed by atoms with E-state index in [0.29, 0.717) is 0 Å². The van der Waals surface area contributed by atoms with Crippen LogP contribution in [0.25, 0.3) is 0 Å². The van der Waals surface area contributed by atoms with Crippen LogP contribution < -0.4 is 5.32 Å². The van der Waals surface area contributed by atoms with Gasteiger partial charge in [0.05, 0.1) is 5.60 Å². The highest BCUT2D eigenvalue weighted by Gasteiger charge is 2.19. The minimum atomic E-state index is 0.00432. The van der Waals surface area contributed by atoms with Gasteiger partial charge in [0.15, 0.2) is 0 Å². The van der Waals surface area contributed by atoms with Gasteiger partial charge >= 0.3 is 0 Å². The summed E-state index contributed by atoms with van der Waals surface area (Å²) in [7, 11) is 4.05. The van der Waals surface area contributed by atoms with Gasteiger partial charge in [-0.2, -0.15) is 0 Å². The van der Waals surface area contributed by atoms with Gasteiger partial charge in [0.1, 0.15) is 0 Å². The zero-order chi connectivity index (χ0) is 12.7. The van der Waals surface area contributed by atoms with Gasteiger partial charge in [-0.3, -0.25) is 0 Å². The fourth-order valence-corrected chi connectivity index (χ4v) is 2.40. The summed E-state index contributed by atoms with van der Waals surface area (Å²) >= 11 is 0. The van der Waals surface area contributed by atoms with Gasteiger partial charge in [-0.25, -0.2) is 0 Å². The van der Waals surface area contributed by atoms with Crippen LogP contribution in [0.2, 0.25) is 0 Å². The van der Waals surface area contributed by atoms with Crippen molar-refractivity contribution in [3.63, 3.8) is 0 Å². The third-order valence-electron chi connectivity index (χ3n) is 4.05. The molecule has 0 atom stereocenters. The number of hydrogen-bond donors (Lipinski definition) is 1. The van der Waals surface area contributed by atoms with E-state index in [1.165, 1.54) is 25.7 Å². The zero-order valence-corrected chi connectivity index (χ0v) is 12.1. The number of ether oxygens (including phenoxy) is 1. The van der Waals surface area contributed by atoms with E-state index in [1.54, 1.807) is 7.11 Å². The first-order valence-electron chi connectivity index (χ1n) is 7.01. The zero-order valence-electron chi connectivity index (χ0n) is 12.1. The molecule has 1 fully saturated rings. The van der Waals surface area contributed by atoms with Crippen LogP contribution >= 0.6 is 0 Å². The van der Waals surface area contributed by atoms with Gasteiger partial charge in [-0.1, -0.05) is 12.8 Å². The summed E-state index contributed by atoms with van der Waals surface area (Å²) in [5.41, 5.74) is 0.00432. The third-order valence-corrected chi connectivity index (χ3v) is 4.05. The average molecular weight is 242 g/mol. The molecule has 1 rings (SSSR count). The number of nitrogens with one attached hydrogen (secondary N) is 1. The first-order chi connectivity index (χ1) is 8.05. The maximum atomic E-state index is 5.40. The number of hydrogen-bond acceptors (Lipinski definition) is 3. The van der Waals surface area contributed by atoms with Crippen LogP contribution in [0.1, 0.15) is 46.0 Å². The Morgan fingerprint density at radius 3 is 2.47 bits per heavy atom. The Bertz CT molecular complexity index is 200. The van der Waals surface area contributed by atoms with Crippen molar-refractivity contribution < 1.29 is 4.74 Å². The second-order valence-corrected chi connectivity index (χ2v) is 5.88. The molecule has 0 unspecified atom stereocenters. The van der Waals surface area contributed by atoms with Crippen molar-refractivity contribution in [2.75, 3.05) is 33.8 Å². The molecule has 3 heteroatoms. The highest BCUT2D eigenvalue weighted by atomic mass is 16.5. The number of methoxy groups -OCH3 is 1. The standard InChI is InChI=1S/C14H30N2O/c1-14(2,17-4)9-10-15-11-12-16(3)13-7-5-6-8-13/h13,15H,5-12H2,1-4H3. The van der Waals surface area contributed by atoms with Crippen molar-refractivity contribution >= 4 is 0 Å². The molecule has 0 heterocycles. The lowest BCUT2D eigenvalue weighted by atomic mass is 10.1. The van der Waals surface area contributed by atoms with Crippen LogP contribution in [0.4, 0.5) is 0 Å². The largest absolute Gasteiger partial charge is 0.379 e. The van der Waals surface area contributed by atoms with Crippen LogP contribution in [0.15, 0.2) is 0 Å². The molecule has 0 aromatic heterocycles. The van der Waals surface area contributed by atoms with Gasteiger partial charge in [0, 0.05) is 26.2 Å². The lowest BCUT2D eigenvalue weighted by Crippen LogP contribution is -2.37. The van der Waals surface area contributed by atoms with Gasteiger partial charge in [-0.05, 0) is 46.7 Å². The Kier molecular flexibility index (Phi) is 6.45. The van der Waals surface area contributed by atoms with Crippen LogP contribution in [-0.4, -0.2) is 50.3 Å². The van der Waals surface area contributed by atoms with E-state index >= 15 is 0 Å². The van der Waals surface area contributed by atoms with Crippen molar-refractivity contribution in [2.45, 2.75) is 57.6 Å². The lowest BCUT2D eigenvalue weighted by Gasteiger charge is -2.25. The normalized spacial score (nSPS) is 18.2. The quantitative estimate of drug-likeness (QED) is 0.661. The molecule has 0 aromatic rings. The molecule has 0 spiro atoms. The molecule has 1 N–H and O–H groups in total. The Morgan fingerprint density at radius 2 is 1.88 bits per heavy atom. The third kappa shape index (κ3) is 5.84. The van der Waals surface area contributed by atoms with Crippen molar-refractivity contribution in [3.05, 3.63) is 0 Å². The van der Waals surface area contributed by atoms with E-state index in [2.05, 4.69) is 31.1 Å². The summed E-state index contributed by atoms with van der Waals surface area (Å²) in [5.74, 6) is 0. The number of nitrogens with zero attached hydrogens (tertiary/aromatic N) is 1. The predicted octanol–water partition coefficient (Wildman–Crippen LogP) is 2.27. The van der Waals surface area contributed by atoms with E-state index in [0.717, 1.165) is 32.1 Å². The van der Waals surface area contributed by atoms with E-state index < -0.39 is 0 Å². The fourth-order valence-electron chi connectivity index (χ4n) is 2.40. The van der Waals surface area contributed by atoms with E-state index in [4.69, 9.17) is 4.74 Å². The smallest absolute Gasteiger partial charge is 0.0634 e. The molecule has 0 bridgehead atoms. The highest BCUT2D eigenvalue weighted by molar-refractivity contribution is 4.75. The molecule has 1 aliphatic carbocycles. The summed E-state index contributed by atoms with van der Waals surface area (Å²) in [4.78, 5) is 2.52. The highest BCUT2D eigenvalue weighted by Crippen LogP contribution is 2.21. The van der Waals surface area contributed by atoms with Crippen LogP contribution in [0, 0.1) is 0 Å². The van der Waals surface area contributed by atoms with Crippen molar-refractivity contribution in [3.8, 4) is 0 Å². The molecule has 0 aliphatic heterocycles. The van der Waals surface area contributed by atoms with Crippen molar-refractivity contribution in [1.29, 1.82) is 0 Å². The molecular weight excluding hydrogens is 212 g/mol. The van der Waals surface area contributed by atoms with E-state index in [9.17, 15) is 0 Å². The van der Waals surface area contributed by atoms with Gasteiger partial charge in [0.2, 0.25) is 0 Å². The van der Waals surface area contributed by atoms with Crippen molar-refractivity contribution in [1.82, 2.24) is 10.2 Å². The second kappa shape index (κ2) is 7.34. The maximum Gasteiger partial charge on any atom is 0.0634 e. The first-order valence-corrected chi connectivity index (χ1v) is 7.01. The SMILES string of the molecule is COC(C)(C)CCNCCN(C)C1CCCC1. The van der Waals surface area contributed by atoms with Crippen molar-refractivity contribution in [2.24, 2.45) is 0 Å². The van der Waals surface area contributed by atoms with Crippen LogP contribution in [0.5, 0.6) is 0 Å². The van der Waals surface area contributed by atoms with Crippen LogP contribution in [0.3, 0.4) is 0 Å². The number of rotatable bonds is 8. The Labute approximate surface area is 107 Å². The summed E-state index contributed by atoms with van der Waals surface area (Å²) in [6.07, 6.45) is 6.70. The molecule has 0 amide bonds. The molecule has 0 radical (unpaired) electrons. The lowest BCUT2D eigenvalue weighted by molar-refractivity contribution is 0.0158. The first kappa shape index (κ1) is 14.9. The van der Waals surface area contributed by atoms with Gasteiger partial charge in [0.25, 0.3) is 0 Å². The Hall–Kier alpha value is -0.120. The van der Waals surface area contributed by atoms with E-state index in [1.807, 2.05) is 0 Å². The fraction of sp³-hybridized carbons (Fsp3) is 1.00. The number of likely N-dealkylation sites (N-methyl/N-ethyl adjacent to an activating group) is 1. The molecule has 17 heavy (non-hydrogen) atoms. The molecule has 102 valence electrons. The Morgan fingerprint density at radius 1 is 1.24 bits per heavy atom. The maximum absolute atomic E-state index is 5.40. The molecule has 1 saturated carbocycles. The monoisotopic (exact) mass is 242 g/mol. The summed E-state index contributed by atoms with van der Waals surface area (Å²) in [6, 6.07) is 0.840. The van der Waals surface area contributed by atoms with E-state index in [-0.39, 0.29) is 5.60 Å². The molecule has 0 aromatic carbocycles. The predicted molar refractivity (Wildman–Crippen MR) is 73.5 cm³/mol. The second-order valence-electron chi connectivity index (χ2n) is 5.88. The van der Waals surface area contributed by atoms with Gasteiger partial charge in [-0.15, -0.1) is 0 Å². The minimum absolute atomic E-state index is 0.00432. The summed E-state index contributed by atoms with van der Waals surface area (Å²) in [5, 5.41) is 3.51. The minimum Gasteiger partial charge on any atom is -0.379 e.